The minimum atomic E-state index is -0.139. The Morgan fingerprint density at radius 2 is 1.57 bits per heavy atom. The van der Waals surface area contributed by atoms with Gasteiger partial charge in [-0.15, -0.1) is 0 Å². The van der Waals surface area contributed by atoms with Crippen molar-refractivity contribution in [3.05, 3.63) is 0 Å². The summed E-state index contributed by atoms with van der Waals surface area (Å²) in [5.74, 6) is 0. The predicted molar refractivity (Wildman–Crippen MR) is 33.5 cm³/mol. The normalized spacial score (nSPS) is 9.57. The van der Waals surface area contributed by atoms with E-state index in [4.69, 9.17) is 0 Å². The van der Waals surface area contributed by atoms with E-state index in [1.165, 1.54) is 0 Å². The second kappa shape index (κ2) is 3.44. The van der Waals surface area contributed by atoms with Gasteiger partial charge in [-0.05, 0) is 0 Å². The zero-order valence-corrected chi connectivity index (χ0v) is 6.61. The van der Waals surface area contributed by atoms with Gasteiger partial charge < -0.3 is 7.65 Å². The SMILES string of the molecule is CC(C)(C)C=O.[H-].[H-].[Mg+2]. The van der Waals surface area contributed by atoms with Crippen molar-refractivity contribution in [3.8, 4) is 0 Å². The Morgan fingerprint density at radius 1 is 1.43 bits per heavy atom. The average molecular weight is 112 g/mol. The van der Waals surface area contributed by atoms with E-state index in [1.54, 1.807) is 0 Å². The van der Waals surface area contributed by atoms with Crippen molar-refractivity contribution in [1.29, 1.82) is 0 Å². The van der Waals surface area contributed by atoms with Crippen LogP contribution < -0.4 is 0 Å². The monoisotopic (exact) mass is 112 g/mol. The standard InChI is InChI=1S/C5H10O.Mg.2H/c1-5(2,3)4-6;;;/h4H,1-3H3;;;/q;+2;2*-1. The fourth-order valence-corrected chi connectivity index (χ4v) is 0. The first-order chi connectivity index (χ1) is 2.56. The van der Waals surface area contributed by atoms with E-state index in [0.717, 1.165) is 6.29 Å². The quantitative estimate of drug-likeness (QED) is 0.338. The molecule has 0 amide bonds. The number of hydrogen-bond acceptors (Lipinski definition) is 1. The maximum absolute atomic E-state index is 9.83. The first-order valence-electron chi connectivity index (χ1n) is 2.02. The number of aldehydes is 1. The van der Waals surface area contributed by atoms with Gasteiger partial charge in [0.25, 0.3) is 0 Å². The van der Waals surface area contributed by atoms with Gasteiger partial charge in [0.1, 0.15) is 6.29 Å². The molecule has 0 aliphatic heterocycles. The number of rotatable bonds is 0. The summed E-state index contributed by atoms with van der Waals surface area (Å²) in [7, 11) is 0. The number of carbonyl (C=O) groups is 1. The van der Waals surface area contributed by atoms with Crippen molar-refractivity contribution in [3.63, 3.8) is 0 Å². The van der Waals surface area contributed by atoms with Crippen LogP contribution in [0, 0.1) is 5.41 Å². The molecule has 0 spiro atoms. The molecule has 0 aromatic heterocycles. The topological polar surface area (TPSA) is 17.1 Å². The molecule has 0 aliphatic rings. The third-order valence-electron chi connectivity index (χ3n) is 0.354. The van der Waals surface area contributed by atoms with Gasteiger partial charge in [0.2, 0.25) is 0 Å². The molecule has 0 N–H and O–H groups in total. The third kappa shape index (κ3) is 10.7. The van der Waals surface area contributed by atoms with Crippen LogP contribution in [0.2, 0.25) is 0 Å². The number of hydrogen-bond donors (Lipinski definition) is 0. The van der Waals surface area contributed by atoms with Gasteiger partial charge in [-0.1, -0.05) is 20.8 Å². The Hall–Kier alpha value is 0.436. The minimum absolute atomic E-state index is 0. The van der Waals surface area contributed by atoms with Crippen molar-refractivity contribution in [2.45, 2.75) is 20.8 Å². The summed E-state index contributed by atoms with van der Waals surface area (Å²) in [6.07, 6.45) is 0.938. The van der Waals surface area contributed by atoms with E-state index < -0.39 is 0 Å². The van der Waals surface area contributed by atoms with Crippen LogP contribution in [0.5, 0.6) is 0 Å². The van der Waals surface area contributed by atoms with Crippen molar-refractivity contribution in [2.24, 2.45) is 5.41 Å². The Kier molecular flexibility index (Phi) is 5.12. The van der Waals surface area contributed by atoms with Crippen LogP contribution in [0.4, 0.5) is 0 Å². The van der Waals surface area contributed by atoms with Crippen molar-refractivity contribution in [2.75, 3.05) is 0 Å². The maximum Gasteiger partial charge on any atom is 2.00 e. The van der Waals surface area contributed by atoms with Gasteiger partial charge in [0.05, 0.1) is 0 Å². The largest absolute Gasteiger partial charge is 2.00 e. The van der Waals surface area contributed by atoms with Gasteiger partial charge in [-0.25, -0.2) is 0 Å². The van der Waals surface area contributed by atoms with Crippen LogP contribution in [-0.4, -0.2) is 29.3 Å². The summed E-state index contributed by atoms with van der Waals surface area (Å²) in [4.78, 5) is 9.83. The maximum atomic E-state index is 9.83. The molecule has 0 radical (unpaired) electrons. The molecule has 40 valence electrons. The Labute approximate surface area is 63.6 Å². The van der Waals surface area contributed by atoms with Crippen LogP contribution in [-0.2, 0) is 4.79 Å². The molecule has 0 aromatic rings. The number of carbonyl (C=O) groups excluding carboxylic acids is 1. The third-order valence-corrected chi connectivity index (χ3v) is 0.354. The minimum Gasteiger partial charge on any atom is -1.00 e. The fourth-order valence-electron chi connectivity index (χ4n) is 0. The molecule has 1 nitrogen and oxygen atoms in total. The summed E-state index contributed by atoms with van der Waals surface area (Å²) in [5.41, 5.74) is -0.139. The van der Waals surface area contributed by atoms with Gasteiger partial charge in [0.15, 0.2) is 0 Å². The molecule has 0 saturated heterocycles. The fraction of sp³-hybridized carbons (Fsp3) is 0.800. The molecule has 0 heterocycles. The van der Waals surface area contributed by atoms with Gasteiger partial charge >= 0.3 is 23.1 Å². The van der Waals surface area contributed by atoms with E-state index in [2.05, 4.69) is 0 Å². The van der Waals surface area contributed by atoms with Gasteiger partial charge in [0, 0.05) is 5.41 Å². The average Bonchev–Trinajstić information content (AvgIpc) is 1.35. The van der Waals surface area contributed by atoms with Crippen LogP contribution in [0.3, 0.4) is 0 Å². The molecule has 0 atom stereocenters. The van der Waals surface area contributed by atoms with Crippen LogP contribution in [0.25, 0.3) is 0 Å². The molecule has 7 heavy (non-hydrogen) atoms. The molecule has 0 bridgehead atoms. The zero-order valence-electron chi connectivity index (χ0n) is 7.19. The zero-order chi connectivity index (χ0) is 5.21. The molecule has 0 fully saturated rings. The smallest absolute Gasteiger partial charge is 1.00 e. The summed E-state index contributed by atoms with van der Waals surface area (Å²) in [6.45, 7) is 5.62. The van der Waals surface area contributed by atoms with Crippen molar-refractivity contribution in [1.82, 2.24) is 0 Å². The van der Waals surface area contributed by atoms with E-state index >= 15 is 0 Å². The van der Waals surface area contributed by atoms with Crippen LogP contribution >= 0.6 is 0 Å². The second-order valence-electron chi connectivity index (χ2n) is 2.48. The van der Waals surface area contributed by atoms with E-state index in [-0.39, 0.29) is 31.3 Å². The molecule has 0 rings (SSSR count). The van der Waals surface area contributed by atoms with Crippen LogP contribution in [0.15, 0.2) is 0 Å². The summed E-state index contributed by atoms with van der Waals surface area (Å²) >= 11 is 0. The molecule has 0 aliphatic carbocycles. The molecule has 0 saturated carbocycles. The Morgan fingerprint density at radius 3 is 1.57 bits per heavy atom. The predicted octanol–water partition coefficient (Wildman–Crippen LogP) is 1.08. The van der Waals surface area contributed by atoms with E-state index in [0.29, 0.717) is 0 Å². The molecular formula is C5H12MgO. The first-order valence-corrected chi connectivity index (χ1v) is 2.02. The van der Waals surface area contributed by atoms with Crippen LogP contribution in [0.1, 0.15) is 23.6 Å². The molecule has 2 heteroatoms. The van der Waals surface area contributed by atoms with E-state index in [1.807, 2.05) is 20.8 Å². The molecular weight excluding hydrogens is 100 g/mol. The summed E-state index contributed by atoms with van der Waals surface area (Å²) in [5, 5.41) is 0. The van der Waals surface area contributed by atoms with Crippen molar-refractivity contribution >= 4 is 29.3 Å². The summed E-state index contributed by atoms with van der Waals surface area (Å²) < 4.78 is 0. The first kappa shape index (κ1) is 10.4. The second-order valence-corrected chi connectivity index (χ2v) is 2.48. The summed E-state index contributed by atoms with van der Waals surface area (Å²) in [6, 6.07) is 0. The molecule has 0 unspecified atom stereocenters. The van der Waals surface area contributed by atoms with E-state index in [9.17, 15) is 4.79 Å². The Bertz CT molecular complexity index is 60.5. The van der Waals surface area contributed by atoms with Gasteiger partial charge in [-0.3, -0.25) is 0 Å². The molecule has 0 aromatic carbocycles. The van der Waals surface area contributed by atoms with Crippen molar-refractivity contribution < 1.29 is 7.65 Å². The van der Waals surface area contributed by atoms with Gasteiger partial charge in [-0.2, -0.15) is 0 Å². The Balaban J connectivity index is -0.0000000417.